The van der Waals surface area contributed by atoms with E-state index >= 15 is 0 Å². The van der Waals surface area contributed by atoms with E-state index in [1.54, 1.807) is 20.2 Å². The minimum atomic E-state index is -1.18. The van der Waals surface area contributed by atoms with Crippen molar-refractivity contribution in [3.63, 3.8) is 0 Å². The molecule has 0 saturated heterocycles. The van der Waals surface area contributed by atoms with Crippen LogP contribution in [0.4, 0.5) is 4.79 Å². The Hall–Kier alpha value is -2.28. The molecule has 0 aromatic heterocycles. The predicted octanol–water partition coefficient (Wildman–Crippen LogP) is 0.672. The summed E-state index contributed by atoms with van der Waals surface area (Å²) < 4.78 is 5.20. The Kier molecular flexibility index (Phi) is 6.48. The van der Waals surface area contributed by atoms with Crippen molar-refractivity contribution in [3.8, 4) is 5.75 Å². The van der Waals surface area contributed by atoms with Gasteiger partial charge in [-0.2, -0.15) is 0 Å². The highest BCUT2D eigenvalue weighted by molar-refractivity contribution is 5.82. The summed E-state index contributed by atoms with van der Waals surface area (Å²) in [6.45, 7) is -0.0330. The van der Waals surface area contributed by atoms with Crippen LogP contribution in [0.5, 0.6) is 5.75 Å². The number of rotatable bonds is 7. The molecule has 0 fully saturated rings. The molecule has 0 aliphatic rings. The minimum absolute atomic E-state index is 0.0381. The summed E-state index contributed by atoms with van der Waals surface area (Å²) in [5.74, 6) is -0.523. The van der Waals surface area contributed by atoms with Crippen LogP contribution in [0, 0.1) is 0 Å². The lowest BCUT2D eigenvalue weighted by Gasteiger charge is -2.22. The number of nitrogens with zero attached hydrogens (tertiary/aromatic N) is 1. The van der Waals surface area contributed by atoms with Crippen molar-refractivity contribution in [1.82, 2.24) is 10.2 Å². The van der Waals surface area contributed by atoms with E-state index in [1.807, 2.05) is 18.2 Å². The Morgan fingerprint density at radius 1 is 1.38 bits per heavy atom. The highest BCUT2D eigenvalue weighted by atomic mass is 16.5. The molecule has 116 valence electrons. The zero-order valence-corrected chi connectivity index (χ0v) is 12.1. The molecule has 0 bridgehead atoms. The number of aliphatic carboxylic acids is 1. The fourth-order valence-corrected chi connectivity index (χ4v) is 1.81. The maximum absolute atomic E-state index is 12.0. The maximum atomic E-state index is 12.0. The average Bonchev–Trinajstić information content (AvgIpc) is 2.47. The fourth-order valence-electron chi connectivity index (χ4n) is 1.81. The first kappa shape index (κ1) is 16.8. The molecule has 1 atom stereocenters. The highest BCUT2D eigenvalue weighted by Crippen LogP contribution is 2.18. The zero-order valence-electron chi connectivity index (χ0n) is 12.1. The number of benzene rings is 1. The van der Waals surface area contributed by atoms with E-state index in [0.29, 0.717) is 5.75 Å². The van der Waals surface area contributed by atoms with E-state index in [-0.39, 0.29) is 19.6 Å². The van der Waals surface area contributed by atoms with Gasteiger partial charge in [0.05, 0.1) is 13.7 Å². The first-order valence-electron chi connectivity index (χ1n) is 6.46. The Morgan fingerprint density at radius 2 is 2.05 bits per heavy atom. The highest BCUT2D eigenvalue weighted by Gasteiger charge is 2.21. The average molecular weight is 296 g/mol. The monoisotopic (exact) mass is 296 g/mol. The number of para-hydroxylation sites is 1. The molecule has 1 rings (SSSR count). The van der Waals surface area contributed by atoms with Gasteiger partial charge >= 0.3 is 12.0 Å². The van der Waals surface area contributed by atoms with Gasteiger partial charge < -0.3 is 25.2 Å². The van der Waals surface area contributed by atoms with Crippen molar-refractivity contribution < 1.29 is 24.5 Å². The maximum Gasteiger partial charge on any atom is 0.326 e. The SMILES string of the molecule is COc1ccccc1CN(C)C(=O)N[C@H](CCO)C(=O)O. The fraction of sp³-hybridized carbons (Fsp3) is 0.429. The standard InChI is InChI=1S/C14H20N2O5/c1-16(9-10-5-3-4-6-12(10)21-2)14(20)15-11(7-8-17)13(18)19/h3-6,11,17H,7-9H2,1-2H3,(H,15,20)(H,18,19)/t11-/m1/s1. The third kappa shape index (κ3) is 4.96. The van der Waals surface area contributed by atoms with E-state index in [4.69, 9.17) is 14.9 Å². The molecule has 7 nitrogen and oxygen atoms in total. The number of aliphatic hydroxyl groups is 1. The van der Waals surface area contributed by atoms with Gasteiger partial charge in [-0.15, -0.1) is 0 Å². The molecule has 21 heavy (non-hydrogen) atoms. The van der Waals surface area contributed by atoms with E-state index in [9.17, 15) is 9.59 Å². The third-order valence-electron chi connectivity index (χ3n) is 2.96. The van der Waals surface area contributed by atoms with E-state index < -0.39 is 18.0 Å². The van der Waals surface area contributed by atoms with Crippen LogP contribution < -0.4 is 10.1 Å². The molecule has 7 heteroatoms. The molecule has 0 unspecified atom stereocenters. The number of carbonyl (C=O) groups excluding carboxylic acids is 1. The Morgan fingerprint density at radius 3 is 2.62 bits per heavy atom. The molecule has 0 heterocycles. The van der Waals surface area contributed by atoms with Crippen molar-refractivity contribution in [2.24, 2.45) is 0 Å². The van der Waals surface area contributed by atoms with Crippen molar-refractivity contribution in [2.75, 3.05) is 20.8 Å². The van der Waals surface area contributed by atoms with E-state index in [2.05, 4.69) is 5.32 Å². The Bertz CT molecular complexity index is 492. The van der Waals surface area contributed by atoms with Gasteiger partial charge in [-0.3, -0.25) is 0 Å². The van der Waals surface area contributed by atoms with Gasteiger partial charge in [0.1, 0.15) is 11.8 Å². The lowest BCUT2D eigenvalue weighted by atomic mass is 10.2. The summed E-state index contributed by atoms with van der Waals surface area (Å²) in [5, 5.41) is 20.1. The topological polar surface area (TPSA) is 99.1 Å². The normalized spacial score (nSPS) is 11.6. The summed E-state index contributed by atoms with van der Waals surface area (Å²) in [7, 11) is 3.10. The molecule has 0 aliphatic carbocycles. The van der Waals surface area contributed by atoms with Crippen molar-refractivity contribution >= 4 is 12.0 Å². The minimum Gasteiger partial charge on any atom is -0.496 e. The van der Waals surface area contributed by atoms with Crippen molar-refractivity contribution in [2.45, 2.75) is 19.0 Å². The Labute approximate surface area is 123 Å². The van der Waals surface area contributed by atoms with Crippen LogP contribution >= 0.6 is 0 Å². The summed E-state index contributed by atoms with van der Waals surface area (Å²) >= 11 is 0. The number of carboxylic acid groups (broad SMARTS) is 1. The van der Waals surface area contributed by atoms with Crippen molar-refractivity contribution in [1.29, 1.82) is 0 Å². The number of urea groups is 1. The van der Waals surface area contributed by atoms with Crippen LogP contribution in [-0.2, 0) is 11.3 Å². The van der Waals surface area contributed by atoms with Gasteiger partial charge in [0, 0.05) is 25.6 Å². The summed E-state index contributed by atoms with van der Waals surface area (Å²) in [5.41, 5.74) is 0.812. The molecule has 2 amide bonds. The van der Waals surface area contributed by atoms with Gasteiger partial charge in [0.25, 0.3) is 0 Å². The van der Waals surface area contributed by atoms with Gasteiger partial charge in [0.2, 0.25) is 0 Å². The second kappa shape index (κ2) is 8.11. The molecule has 0 spiro atoms. The molecule has 0 radical (unpaired) electrons. The number of amides is 2. The van der Waals surface area contributed by atoms with Crippen LogP contribution in [0.3, 0.4) is 0 Å². The molecule has 0 aliphatic heterocycles. The van der Waals surface area contributed by atoms with Gasteiger partial charge in [-0.25, -0.2) is 9.59 Å². The zero-order chi connectivity index (χ0) is 15.8. The number of aliphatic hydroxyl groups excluding tert-OH is 1. The predicted molar refractivity (Wildman–Crippen MR) is 76.1 cm³/mol. The largest absolute Gasteiger partial charge is 0.496 e. The quantitative estimate of drug-likeness (QED) is 0.687. The smallest absolute Gasteiger partial charge is 0.326 e. The van der Waals surface area contributed by atoms with Crippen LogP contribution in [0.1, 0.15) is 12.0 Å². The number of carboxylic acids is 1. The first-order chi connectivity index (χ1) is 9.99. The lowest BCUT2D eigenvalue weighted by molar-refractivity contribution is -0.139. The van der Waals surface area contributed by atoms with E-state index in [1.165, 1.54) is 4.90 Å². The molecule has 3 N–H and O–H groups in total. The molecular weight excluding hydrogens is 276 g/mol. The summed E-state index contributed by atoms with van der Waals surface area (Å²) in [6, 6.07) is 5.63. The first-order valence-corrected chi connectivity index (χ1v) is 6.46. The second-order valence-corrected chi connectivity index (χ2v) is 4.52. The number of hydrogen-bond acceptors (Lipinski definition) is 4. The van der Waals surface area contributed by atoms with Crippen LogP contribution in [0.25, 0.3) is 0 Å². The summed E-state index contributed by atoms with van der Waals surface area (Å²) in [6.07, 6.45) is -0.0381. The Balaban J connectivity index is 2.67. The number of methoxy groups -OCH3 is 1. The summed E-state index contributed by atoms with van der Waals surface area (Å²) in [4.78, 5) is 24.3. The number of hydrogen-bond donors (Lipinski definition) is 3. The number of carbonyl (C=O) groups is 2. The number of nitrogens with one attached hydrogen (secondary N) is 1. The molecular formula is C14H20N2O5. The second-order valence-electron chi connectivity index (χ2n) is 4.52. The molecule has 1 aromatic rings. The van der Waals surface area contributed by atoms with Crippen molar-refractivity contribution in [3.05, 3.63) is 29.8 Å². The van der Waals surface area contributed by atoms with E-state index in [0.717, 1.165) is 5.56 Å². The molecule has 0 saturated carbocycles. The third-order valence-corrected chi connectivity index (χ3v) is 2.96. The number of ether oxygens (including phenoxy) is 1. The van der Waals surface area contributed by atoms with Gasteiger partial charge in [-0.05, 0) is 6.07 Å². The van der Waals surface area contributed by atoms with Crippen LogP contribution in [0.2, 0.25) is 0 Å². The van der Waals surface area contributed by atoms with Gasteiger partial charge in [0.15, 0.2) is 0 Å². The van der Waals surface area contributed by atoms with Gasteiger partial charge in [-0.1, -0.05) is 18.2 Å². The lowest BCUT2D eigenvalue weighted by Crippen LogP contribution is -2.46. The molecule has 1 aromatic carbocycles. The van der Waals surface area contributed by atoms with Crippen LogP contribution in [0.15, 0.2) is 24.3 Å². The van der Waals surface area contributed by atoms with Crippen LogP contribution in [-0.4, -0.2) is 53.9 Å².